The first-order valence-corrected chi connectivity index (χ1v) is 25.0. The number of fused-ring (bicyclic) bond motifs is 2. The molecule has 66 heavy (non-hydrogen) atoms. The minimum atomic E-state index is -3.78. The molecule has 3 aromatic carbocycles. The fourth-order valence-electron chi connectivity index (χ4n) is 10.9. The highest BCUT2D eigenvalue weighted by Gasteiger charge is 2.68. The Balaban J connectivity index is 0.000000180. The topological polar surface area (TPSA) is 110 Å². The number of ether oxygens (including phenoxy) is 1. The number of nitrogens with zero attached hydrogens (tertiary/aromatic N) is 4. The van der Waals surface area contributed by atoms with Gasteiger partial charge in [0, 0.05) is 62.3 Å². The fourth-order valence-corrected chi connectivity index (χ4v) is 12.0. The summed E-state index contributed by atoms with van der Waals surface area (Å²) in [4.78, 5) is 37.0. The molecule has 10 rings (SSSR count). The molecule has 4 aromatic heterocycles. The van der Waals surface area contributed by atoms with Gasteiger partial charge in [-0.25, -0.2) is 0 Å². The third-order valence-corrected chi connectivity index (χ3v) is 14.8. The van der Waals surface area contributed by atoms with E-state index in [0.29, 0.717) is 27.5 Å². The molecule has 1 atom stereocenters. The van der Waals surface area contributed by atoms with Crippen molar-refractivity contribution in [1.29, 1.82) is 0 Å². The molecule has 0 amide bonds. The minimum Gasteiger partial charge on any atom is -0.382 e. The molecule has 0 radical (unpaired) electrons. The second-order valence-corrected chi connectivity index (χ2v) is 23.5. The first-order valence-electron chi connectivity index (χ1n) is 23.3. The van der Waals surface area contributed by atoms with E-state index in [-0.39, 0.29) is 36.6 Å². The standard InChI is InChI=1S/C29H38N2O.C26H29N2O5P/c1-26(2,3)14-20-8-9-23-21(12-20)10-11-31(23)25(32)24-13-22(15-30(24)7)29-17-28(18-29,19-29)16-27(4,5)6;1-4-19-5-8-21(9-6-19)23-16-25(27(2)17-23)26(29)28-12-11-22-15-20(7-10-24(22)28)18-34(30,31)33-14-13-32-3/h8-13,15H,14,16-19H2,1-7H3;5-12,15-17H,4,13-14,18H2,1-3H3,(H,30,31). The van der Waals surface area contributed by atoms with Crippen molar-refractivity contribution in [3.63, 3.8) is 0 Å². The van der Waals surface area contributed by atoms with E-state index in [1.54, 1.807) is 22.9 Å². The Morgan fingerprint density at radius 3 is 1.79 bits per heavy atom. The molecule has 4 heterocycles. The Bertz CT molecular complexity index is 2950. The fraction of sp³-hybridized carbons (Fsp3) is 0.418. The predicted molar refractivity (Wildman–Crippen MR) is 266 cm³/mol. The summed E-state index contributed by atoms with van der Waals surface area (Å²) in [6.07, 6.45) is 14.9. The summed E-state index contributed by atoms with van der Waals surface area (Å²) in [7, 11) is 1.61. The quantitative estimate of drug-likeness (QED) is 0.0911. The summed E-state index contributed by atoms with van der Waals surface area (Å²) in [5.74, 6) is -0.0780. The second kappa shape index (κ2) is 17.8. The van der Waals surface area contributed by atoms with Gasteiger partial charge in [0.05, 0.1) is 30.4 Å². The van der Waals surface area contributed by atoms with Gasteiger partial charge in [0.2, 0.25) is 0 Å². The number of hydrogen-bond donors (Lipinski definition) is 1. The first-order chi connectivity index (χ1) is 31.1. The summed E-state index contributed by atoms with van der Waals surface area (Å²) in [5.41, 5.74) is 11.3. The number of benzene rings is 3. The van der Waals surface area contributed by atoms with Crippen LogP contribution in [0, 0.1) is 16.2 Å². The van der Waals surface area contributed by atoms with Crippen LogP contribution in [-0.4, -0.2) is 55.3 Å². The van der Waals surface area contributed by atoms with Gasteiger partial charge in [-0.3, -0.25) is 23.3 Å². The maximum atomic E-state index is 13.5. The SMILES string of the molecule is CCc1ccc(-c2cc(C(=O)n3ccc4cc(CP(=O)(O)OCCOC)ccc43)n(C)c2)cc1.Cn1cc(C23CC(CC(C)(C)C)(C2)C3)cc1C(=O)n1ccc2cc(CC(C)(C)C)ccc21. The third-order valence-electron chi connectivity index (χ3n) is 13.4. The lowest BCUT2D eigenvalue weighted by Gasteiger charge is -2.72. The first kappa shape index (κ1) is 47.3. The van der Waals surface area contributed by atoms with Crippen molar-refractivity contribution in [3.05, 3.63) is 143 Å². The van der Waals surface area contributed by atoms with E-state index >= 15 is 0 Å². The summed E-state index contributed by atoms with van der Waals surface area (Å²) in [6.45, 7) is 16.3. The van der Waals surface area contributed by atoms with Gasteiger partial charge < -0.3 is 23.3 Å². The van der Waals surface area contributed by atoms with Gasteiger partial charge in [-0.05, 0) is 137 Å². The number of carbonyl (C=O) groups is 2. The van der Waals surface area contributed by atoms with Crippen molar-refractivity contribution >= 4 is 41.2 Å². The van der Waals surface area contributed by atoms with Crippen LogP contribution in [0.1, 0.15) is 117 Å². The van der Waals surface area contributed by atoms with Crippen LogP contribution < -0.4 is 0 Å². The summed E-state index contributed by atoms with van der Waals surface area (Å²) in [6, 6.07) is 28.2. The normalized spacial score (nSPS) is 19.0. The van der Waals surface area contributed by atoms with E-state index in [0.717, 1.165) is 51.5 Å². The highest BCUT2D eigenvalue weighted by atomic mass is 31.2. The Hall–Kier alpha value is -5.25. The molecule has 2 bridgehead atoms. The lowest BCUT2D eigenvalue weighted by Crippen LogP contribution is -2.65. The van der Waals surface area contributed by atoms with Crippen LogP contribution in [-0.2, 0) is 52.3 Å². The zero-order chi connectivity index (χ0) is 47.4. The number of rotatable bonds is 13. The molecule has 348 valence electrons. The number of aromatic nitrogens is 4. The molecule has 7 aromatic rings. The van der Waals surface area contributed by atoms with E-state index in [2.05, 4.69) is 109 Å². The summed E-state index contributed by atoms with van der Waals surface area (Å²) in [5, 5.41) is 1.95. The molecule has 11 heteroatoms. The van der Waals surface area contributed by atoms with Crippen LogP contribution in [0.4, 0.5) is 0 Å². The van der Waals surface area contributed by atoms with E-state index in [1.165, 1.54) is 49.5 Å². The lowest BCUT2D eigenvalue weighted by molar-refractivity contribution is -0.161. The van der Waals surface area contributed by atoms with Gasteiger partial charge in [-0.1, -0.05) is 84.9 Å². The molecular formula is C55H67N4O6P. The molecule has 1 N–H and O–H groups in total. The highest BCUT2D eigenvalue weighted by molar-refractivity contribution is 7.51. The molecule has 3 aliphatic carbocycles. The maximum Gasteiger partial charge on any atom is 0.332 e. The zero-order valence-electron chi connectivity index (χ0n) is 40.5. The van der Waals surface area contributed by atoms with E-state index in [4.69, 9.17) is 9.26 Å². The van der Waals surface area contributed by atoms with Crippen molar-refractivity contribution < 1.29 is 28.3 Å². The van der Waals surface area contributed by atoms with Crippen LogP contribution in [0.15, 0.2) is 110 Å². The van der Waals surface area contributed by atoms with Crippen LogP contribution in [0.3, 0.4) is 0 Å². The maximum absolute atomic E-state index is 13.5. The van der Waals surface area contributed by atoms with Crippen molar-refractivity contribution in [2.24, 2.45) is 30.3 Å². The Kier molecular flexibility index (Phi) is 12.7. The molecule has 0 saturated heterocycles. The second-order valence-electron chi connectivity index (χ2n) is 21.7. The number of carbonyl (C=O) groups excluding carboxylic acids is 2. The van der Waals surface area contributed by atoms with Crippen LogP contribution in [0.5, 0.6) is 0 Å². The molecule has 3 fully saturated rings. The van der Waals surface area contributed by atoms with Gasteiger partial charge in [0.15, 0.2) is 0 Å². The highest BCUT2D eigenvalue weighted by Crippen LogP contribution is 2.76. The largest absolute Gasteiger partial charge is 0.382 e. The van der Waals surface area contributed by atoms with Gasteiger partial charge in [-0.15, -0.1) is 0 Å². The summed E-state index contributed by atoms with van der Waals surface area (Å²) >= 11 is 0. The number of aryl methyl sites for hydroxylation is 3. The number of methoxy groups -OCH3 is 1. The smallest absolute Gasteiger partial charge is 0.332 e. The van der Waals surface area contributed by atoms with Crippen LogP contribution in [0.2, 0.25) is 0 Å². The van der Waals surface area contributed by atoms with Crippen molar-refractivity contribution in [2.75, 3.05) is 20.3 Å². The minimum absolute atomic E-state index is 0.0544. The monoisotopic (exact) mass is 910 g/mol. The molecule has 0 spiro atoms. The van der Waals surface area contributed by atoms with E-state index in [9.17, 15) is 19.0 Å². The van der Waals surface area contributed by atoms with Gasteiger partial charge in [-0.2, -0.15) is 0 Å². The van der Waals surface area contributed by atoms with E-state index < -0.39 is 7.60 Å². The zero-order valence-corrected chi connectivity index (χ0v) is 41.4. The molecular weight excluding hydrogens is 844 g/mol. The molecule has 1 unspecified atom stereocenters. The Morgan fingerprint density at radius 2 is 1.23 bits per heavy atom. The van der Waals surface area contributed by atoms with Gasteiger partial charge >= 0.3 is 7.60 Å². The van der Waals surface area contributed by atoms with E-state index in [1.807, 2.05) is 58.4 Å². The molecule has 3 aliphatic rings. The van der Waals surface area contributed by atoms with Gasteiger partial charge in [0.25, 0.3) is 11.8 Å². The predicted octanol–water partition coefficient (Wildman–Crippen LogP) is 12.4. The van der Waals surface area contributed by atoms with Crippen LogP contribution >= 0.6 is 7.60 Å². The van der Waals surface area contributed by atoms with Crippen molar-refractivity contribution in [1.82, 2.24) is 18.3 Å². The average molecular weight is 911 g/mol. The molecule has 3 saturated carbocycles. The van der Waals surface area contributed by atoms with Gasteiger partial charge in [0.1, 0.15) is 11.4 Å². The summed E-state index contributed by atoms with van der Waals surface area (Å²) < 4.78 is 29.5. The Labute approximate surface area is 390 Å². The van der Waals surface area contributed by atoms with Crippen molar-refractivity contribution in [3.8, 4) is 11.1 Å². The van der Waals surface area contributed by atoms with Crippen molar-refractivity contribution in [2.45, 2.75) is 98.6 Å². The third kappa shape index (κ3) is 9.89. The molecule has 0 aliphatic heterocycles. The average Bonchev–Trinajstić information content (AvgIpc) is 4.02. The van der Waals surface area contributed by atoms with Crippen LogP contribution in [0.25, 0.3) is 32.9 Å². The Morgan fingerprint density at radius 1 is 0.682 bits per heavy atom. The lowest BCUT2D eigenvalue weighted by atomic mass is 9.32. The number of hydrogen-bond acceptors (Lipinski definition) is 5. The molecule has 10 nitrogen and oxygen atoms in total.